The van der Waals surface area contributed by atoms with Crippen molar-refractivity contribution in [3.8, 4) is 5.75 Å². The van der Waals surface area contributed by atoms with Crippen LogP contribution in [0.2, 0.25) is 0 Å². The third kappa shape index (κ3) is 4.74. The normalized spacial score (nSPS) is 11.1. The van der Waals surface area contributed by atoms with Gasteiger partial charge in [-0.3, -0.25) is 9.52 Å². The Kier molecular flexibility index (Phi) is 6.02. The fourth-order valence-corrected chi connectivity index (χ4v) is 4.01. The summed E-state index contributed by atoms with van der Waals surface area (Å²) in [6, 6.07) is 13.4. The maximum atomic E-state index is 13.3. The molecule has 0 bridgehead atoms. The second-order valence-corrected chi connectivity index (χ2v) is 8.05. The Bertz CT molecular complexity index is 1200. The van der Waals surface area contributed by atoms with Crippen molar-refractivity contribution in [1.29, 1.82) is 0 Å². The average molecular weight is 432 g/mol. The highest BCUT2D eigenvalue weighted by Crippen LogP contribution is 2.23. The number of amides is 1. The summed E-state index contributed by atoms with van der Waals surface area (Å²) in [5.74, 6) is -2.24. The molecule has 0 spiro atoms. The van der Waals surface area contributed by atoms with Gasteiger partial charge in [-0.05, 0) is 61.0 Å². The molecule has 0 unspecified atom stereocenters. The molecular formula is C21H18F2N2O4S. The van der Waals surface area contributed by atoms with Crippen molar-refractivity contribution < 1.29 is 26.7 Å². The van der Waals surface area contributed by atoms with Gasteiger partial charge in [0.25, 0.3) is 15.9 Å². The van der Waals surface area contributed by atoms with Gasteiger partial charge in [0.1, 0.15) is 5.75 Å². The Morgan fingerprint density at radius 2 is 1.57 bits per heavy atom. The minimum Gasteiger partial charge on any atom is -0.497 e. The number of hydrogen-bond donors (Lipinski definition) is 2. The van der Waals surface area contributed by atoms with Crippen molar-refractivity contribution in [2.45, 2.75) is 11.8 Å². The van der Waals surface area contributed by atoms with E-state index in [1.807, 2.05) is 0 Å². The number of benzene rings is 3. The molecule has 3 rings (SSSR count). The van der Waals surface area contributed by atoms with Crippen LogP contribution >= 0.6 is 0 Å². The van der Waals surface area contributed by atoms with Crippen LogP contribution in [-0.2, 0) is 10.0 Å². The summed E-state index contributed by atoms with van der Waals surface area (Å²) in [4.78, 5) is 12.4. The highest BCUT2D eigenvalue weighted by Gasteiger charge is 2.20. The molecule has 3 aromatic carbocycles. The molecule has 0 saturated carbocycles. The van der Waals surface area contributed by atoms with E-state index < -0.39 is 27.6 Å². The number of methoxy groups -OCH3 is 1. The van der Waals surface area contributed by atoms with Gasteiger partial charge >= 0.3 is 0 Å². The minimum atomic E-state index is -3.99. The van der Waals surface area contributed by atoms with E-state index >= 15 is 0 Å². The highest BCUT2D eigenvalue weighted by molar-refractivity contribution is 7.92. The number of sulfonamides is 1. The van der Waals surface area contributed by atoms with Crippen molar-refractivity contribution in [3.63, 3.8) is 0 Å². The molecule has 156 valence electrons. The maximum absolute atomic E-state index is 13.3. The summed E-state index contributed by atoms with van der Waals surface area (Å²) in [6.07, 6.45) is 0. The number of nitrogens with one attached hydrogen (secondary N) is 2. The highest BCUT2D eigenvalue weighted by atomic mass is 32.2. The Labute approximate surface area is 172 Å². The van der Waals surface area contributed by atoms with Gasteiger partial charge in [0.2, 0.25) is 0 Å². The van der Waals surface area contributed by atoms with Crippen LogP contribution in [0, 0.1) is 18.6 Å². The largest absolute Gasteiger partial charge is 0.497 e. The van der Waals surface area contributed by atoms with Gasteiger partial charge < -0.3 is 10.1 Å². The Morgan fingerprint density at radius 1 is 0.900 bits per heavy atom. The first-order valence-electron chi connectivity index (χ1n) is 8.73. The molecule has 9 heteroatoms. The molecule has 1 amide bonds. The molecule has 0 aromatic heterocycles. The molecular weight excluding hydrogens is 414 g/mol. The molecule has 0 atom stereocenters. The summed E-state index contributed by atoms with van der Waals surface area (Å²) in [5.41, 5.74) is 0.841. The molecule has 0 aliphatic heterocycles. The number of rotatable bonds is 6. The second kappa shape index (κ2) is 8.50. The summed E-state index contributed by atoms with van der Waals surface area (Å²) < 4.78 is 59.5. The van der Waals surface area contributed by atoms with Crippen LogP contribution < -0.4 is 14.8 Å². The lowest BCUT2D eigenvalue weighted by atomic mass is 10.1. The Balaban J connectivity index is 1.85. The summed E-state index contributed by atoms with van der Waals surface area (Å²) in [7, 11) is -2.49. The first-order chi connectivity index (χ1) is 14.2. The number of hydrogen-bond acceptors (Lipinski definition) is 4. The molecule has 0 fully saturated rings. The number of carbonyl (C=O) groups excluding carboxylic acids is 1. The van der Waals surface area contributed by atoms with Crippen LogP contribution in [0.3, 0.4) is 0 Å². The SMILES string of the molecule is COc1ccc(NS(=O)(=O)c2cc(C(=O)Nc3ccc(F)c(F)c3)ccc2C)cc1. The van der Waals surface area contributed by atoms with Crippen molar-refractivity contribution in [2.24, 2.45) is 0 Å². The van der Waals surface area contributed by atoms with E-state index in [9.17, 15) is 22.0 Å². The summed E-state index contributed by atoms with van der Waals surface area (Å²) in [5, 5.41) is 2.41. The number of aryl methyl sites for hydroxylation is 1. The quantitative estimate of drug-likeness (QED) is 0.607. The van der Waals surface area contributed by atoms with Crippen molar-refractivity contribution in [1.82, 2.24) is 0 Å². The smallest absolute Gasteiger partial charge is 0.262 e. The van der Waals surface area contributed by atoms with Crippen molar-refractivity contribution in [2.75, 3.05) is 17.1 Å². The van der Waals surface area contributed by atoms with Crippen LogP contribution in [0.15, 0.2) is 65.6 Å². The molecule has 6 nitrogen and oxygen atoms in total. The zero-order valence-corrected chi connectivity index (χ0v) is 16.9. The lowest BCUT2D eigenvalue weighted by Crippen LogP contribution is -2.17. The van der Waals surface area contributed by atoms with Gasteiger partial charge in [-0.15, -0.1) is 0 Å². The standard InChI is InChI=1S/C21H18F2N2O4S/c1-13-3-4-14(21(26)24-16-7-10-18(22)19(23)12-16)11-20(13)30(27,28)25-15-5-8-17(29-2)9-6-15/h3-12,25H,1-2H3,(H,24,26). The molecule has 0 heterocycles. The number of ether oxygens (including phenoxy) is 1. The predicted octanol–water partition coefficient (Wildman–Crippen LogP) is 4.33. The average Bonchev–Trinajstić information content (AvgIpc) is 2.71. The Hall–Kier alpha value is -3.46. The zero-order valence-electron chi connectivity index (χ0n) is 16.1. The summed E-state index contributed by atoms with van der Waals surface area (Å²) >= 11 is 0. The van der Waals surface area contributed by atoms with Gasteiger partial charge in [0.05, 0.1) is 12.0 Å². The molecule has 0 radical (unpaired) electrons. The lowest BCUT2D eigenvalue weighted by molar-refractivity contribution is 0.102. The molecule has 0 aliphatic carbocycles. The van der Waals surface area contributed by atoms with Gasteiger partial charge in [0, 0.05) is 23.0 Å². The van der Waals surface area contributed by atoms with Gasteiger partial charge in [0.15, 0.2) is 11.6 Å². The van der Waals surface area contributed by atoms with E-state index in [0.29, 0.717) is 17.0 Å². The maximum Gasteiger partial charge on any atom is 0.262 e. The van der Waals surface area contributed by atoms with Crippen molar-refractivity contribution in [3.05, 3.63) is 83.4 Å². The third-order valence-electron chi connectivity index (χ3n) is 4.26. The van der Waals surface area contributed by atoms with E-state index in [0.717, 1.165) is 12.1 Å². The van der Waals surface area contributed by atoms with E-state index in [2.05, 4.69) is 10.0 Å². The monoisotopic (exact) mass is 432 g/mol. The number of carbonyl (C=O) groups is 1. The summed E-state index contributed by atoms with van der Waals surface area (Å²) in [6.45, 7) is 1.60. The van der Waals surface area contributed by atoms with E-state index in [1.54, 1.807) is 31.2 Å². The first-order valence-corrected chi connectivity index (χ1v) is 10.2. The molecule has 2 N–H and O–H groups in total. The molecule has 0 saturated heterocycles. The Morgan fingerprint density at radius 3 is 2.20 bits per heavy atom. The molecule has 3 aromatic rings. The van der Waals surface area contributed by atoms with Crippen molar-refractivity contribution >= 4 is 27.3 Å². The van der Waals surface area contributed by atoms with Gasteiger partial charge in [-0.1, -0.05) is 6.07 Å². The molecule has 30 heavy (non-hydrogen) atoms. The number of anilines is 2. The van der Waals surface area contributed by atoms with E-state index in [-0.39, 0.29) is 16.1 Å². The van der Waals surface area contributed by atoms with Crippen LogP contribution in [0.4, 0.5) is 20.2 Å². The van der Waals surface area contributed by atoms with E-state index in [4.69, 9.17) is 4.74 Å². The predicted molar refractivity (Wildman–Crippen MR) is 109 cm³/mol. The second-order valence-electron chi connectivity index (χ2n) is 6.40. The van der Waals surface area contributed by atoms with Crippen LogP contribution in [0.1, 0.15) is 15.9 Å². The van der Waals surface area contributed by atoms with E-state index in [1.165, 1.54) is 31.4 Å². The fourth-order valence-electron chi connectivity index (χ4n) is 2.68. The van der Waals surface area contributed by atoms with Gasteiger partial charge in [-0.2, -0.15) is 0 Å². The molecule has 0 aliphatic rings. The minimum absolute atomic E-state index is 0.0419. The third-order valence-corrected chi connectivity index (χ3v) is 5.78. The topological polar surface area (TPSA) is 84.5 Å². The first kappa shape index (κ1) is 21.3. The van der Waals surface area contributed by atoms with Crippen LogP contribution in [0.5, 0.6) is 5.75 Å². The van der Waals surface area contributed by atoms with Crippen LogP contribution in [0.25, 0.3) is 0 Å². The number of halogens is 2. The zero-order chi connectivity index (χ0) is 21.9. The fraction of sp³-hybridized carbons (Fsp3) is 0.0952. The van der Waals surface area contributed by atoms with Gasteiger partial charge in [-0.25, -0.2) is 17.2 Å². The lowest BCUT2D eigenvalue weighted by Gasteiger charge is -2.13. The van der Waals surface area contributed by atoms with Crippen LogP contribution in [-0.4, -0.2) is 21.4 Å².